The first-order chi connectivity index (χ1) is 12.0. The normalized spacial score (nSPS) is 15.8. The van der Waals surface area contributed by atoms with E-state index < -0.39 is 10.0 Å². The van der Waals surface area contributed by atoms with Gasteiger partial charge in [-0.15, -0.1) is 0 Å². The van der Waals surface area contributed by atoms with Crippen molar-refractivity contribution < 1.29 is 13.2 Å². The second-order valence-electron chi connectivity index (χ2n) is 6.03. The van der Waals surface area contributed by atoms with Crippen LogP contribution in [0.15, 0.2) is 29.3 Å². The number of benzene rings is 1. The largest absolute Gasteiger partial charge is 0.383 e. The third kappa shape index (κ3) is 5.34. The highest BCUT2D eigenvalue weighted by Gasteiger charge is 2.28. The van der Waals surface area contributed by atoms with Crippen molar-refractivity contribution in [3.63, 3.8) is 0 Å². The summed E-state index contributed by atoms with van der Waals surface area (Å²) >= 11 is 0. The number of guanidine groups is 1. The van der Waals surface area contributed by atoms with Crippen molar-refractivity contribution >= 4 is 21.7 Å². The predicted molar refractivity (Wildman–Crippen MR) is 102 cm³/mol. The number of hydrogen-bond acceptors (Lipinski definition) is 4. The lowest BCUT2D eigenvalue weighted by Gasteiger charge is -2.20. The van der Waals surface area contributed by atoms with Crippen LogP contribution in [0.5, 0.6) is 0 Å². The van der Waals surface area contributed by atoms with E-state index in [2.05, 4.69) is 15.6 Å². The van der Waals surface area contributed by atoms with E-state index in [1.165, 1.54) is 4.31 Å². The van der Waals surface area contributed by atoms with E-state index in [1.54, 1.807) is 7.11 Å². The Kier molecular flexibility index (Phi) is 7.07. The van der Waals surface area contributed by atoms with Gasteiger partial charge in [0.15, 0.2) is 5.96 Å². The zero-order valence-electron chi connectivity index (χ0n) is 15.2. The molecule has 2 rings (SSSR count). The molecular formula is C17H28N4O3S. The van der Waals surface area contributed by atoms with Crippen LogP contribution in [0.4, 0.5) is 5.69 Å². The van der Waals surface area contributed by atoms with Gasteiger partial charge in [-0.3, -0.25) is 9.30 Å². The molecule has 0 bridgehead atoms. The number of rotatable bonds is 8. The van der Waals surface area contributed by atoms with Crippen LogP contribution in [-0.2, 0) is 21.2 Å². The van der Waals surface area contributed by atoms with E-state index in [0.29, 0.717) is 25.7 Å². The molecule has 25 heavy (non-hydrogen) atoms. The van der Waals surface area contributed by atoms with Crippen LogP contribution in [-0.4, -0.2) is 59.5 Å². The molecule has 1 unspecified atom stereocenters. The summed E-state index contributed by atoms with van der Waals surface area (Å²) in [6, 6.07) is 7.74. The zero-order chi connectivity index (χ0) is 18.3. The Bertz CT molecular complexity index is 691. The molecule has 0 saturated heterocycles. The molecule has 1 heterocycles. The van der Waals surface area contributed by atoms with E-state index in [9.17, 15) is 8.42 Å². The molecule has 0 fully saturated rings. The third-order valence-corrected chi connectivity index (χ3v) is 5.69. The zero-order valence-corrected chi connectivity index (χ0v) is 16.0. The lowest BCUT2D eigenvalue weighted by Crippen LogP contribution is -2.44. The summed E-state index contributed by atoms with van der Waals surface area (Å²) in [6.07, 6.45) is 0.761. The van der Waals surface area contributed by atoms with Gasteiger partial charge in [0.05, 0.1) is 24.6 Å². The summed E-state index contributed by atoms with van der Waals surface area (Å²) in [6.45, 7) is 5.92. The van der Waals surface area contributed by atoms with Gasteiger partial charge in [-0.1, -0.05) is 18.2 Å². The number of methoxy groups -OCH3 is 1. The number of aliphatic imine (C=N–C) groups is 1. The Morgan fingerprint density at radius 2 is 2.16 bits per heavy atom. The molecule has 1 atom stereocenters. The van der Waals surface area contributed by atoms with Crippen molar-refractivity contribution in [2.75, 3.05) is 43.4 Å². The number of fused-ring (bicyclic) bond motifs is 1. The molecule has 0 aromatic heterocycles. The fourth-order valence-corrected chi connectivity index (χ4v) is 4.21. The van der Waals surface area contributed by atoms with Gasteiger partial charge in [0.25, 0.3) is 0 Å². The van der Waals surface area contributed by atoms with Crippen LogP contribution in [0.2, 0.25) is 0 Å². The topological polar surface area (TPSA) is 83.0 Å². The lowest BCUT2D eigenvalue weighted by atomic mass is 10.2. The van der Waals surface area contributed by atoms with Crippen LogP contribution < -0.4 is 14.9 Å². The van der Waals surface area contributed by atoms with Gasteiger partial charge in [-0.05, 0) is 31.9 Å². The van der Waals surface area contributed by atoms with Gasteiger partial charge in [-0.2, -0.15) is 0 Å². The number of ether oxygens (including phenoxy) is 1. The molecule has 1 aromatic carbocycles. The average Bonchev–Trinajstić information content (AvgIpc) is 3.00. The van der Waals surface area contributed by atoms with Crippen LogP contribution >= 0.6 is 0 Å². The van der Waals surface area contributed by atoms with Crippen LogP contribution in [0.1, 0.15) is 19.4 Å². The number of anilines is 1. The Labute approximate surface area is 150 Å². The average molecular weight is 369 g/mol. The quantitative estimate of drug-likeness (QED) is 0.528. The maximum Gasteiger partial charge on any atom is 0.237 e. The highest BCUT2D eigenvalue weighted by atomic mass is 32.2. The number of nitrogens with one attached hydrogen (secondary N) is 2. The lowest BCUT2D eigenvalue weighted by molar-refractivity contribution is 0.179. The molecule has 1 aromatic rings. The van der Waals surface area contributed by atoms with E-state index in [0.717, 1.165) is 17.7 Å². The molecule has 0 radical (unpaired) electrons. The fourth-order valence-electron chi connectivity index (χ4n) is 2.82. The molecule has 8 heteroatoms. The smallest absolute Gasteiger partial charge is 0.237 e. The molecule has 2 N–H and O–H groups in total. The molecule has 1 aliphatic heterocycles. The molecule has 140 valence electrons. The highest BCUT2D eigenvalue weighted by Crippen LogP contribution is 2.29. The predicted octanol–water partition coefficient (Wildman–Crippen LogP) is 0.969. The van der Waals surface area contributed by atoms with Gasteiger partial charge in [0, 0.05) is 26.2 Å². The van der Waals surface area contributed by atoms with Gasteiger partial charge in [0.1, 0.15) is 0 Å². The van der Waals surface area contributed by atoms with Crippen molar-refractivity contribution in [3.05, 3.63) is 29.8 Å². The highest BCUT2D eigenvalue weighted by molar-refractivity contribution is 7.92. The Morgan fingerprint density at radius 3 is 2.88 bits per heavy atom. The first-order valence-electron chi connectivity index (χ1n) is 8.60. The monoisotopic (exact) mass is 368 g/mol. The van der Waals surface area contributed by atoms with Crippen LogP contribution in [0.3, 0.4) is 0 Å². The van der Waals surface area contributed by atoms with E-state index in [1.807, 2.05) is 38.1 Å². The maximum atomic E-state index is 12.7. The number of hydrogen-bond donors (Lipinski definition) is 2. The summed E-state index contributed by atoms with van der Waals surface area (Å²) in [5.74, 6) is 0.584. The minimum atomic E-state index is -3.38. The molecule has 0 amide bonds. The minimum Gasteiger partial charge on any atom is -0.383 e. The van der Waals surface area contributed by atoms with E-state index in [4.69, 9.17) is 4.74 Å². The second-order valence-corrected chi connectivity index (χ2v) is 8.04. The van der Waals surface area contributed by atoms with Crippen molar-refractivity contribution in [1.82, 2.24) is 10.6 Å². The van der Waals surface area contributed by atoms with E-state index >= 15 is 0 Å². The standard InChI is InChI=1S/C17H28N4O3S/c1-4-18-17(20-14(2)13-24-3)19-10-12-25(22,23)21-11-9-15-7-5-6-8-16(15)21/h5-8,14H,4,9-13H2,1-3H3,(H2,18,19,20). The van der Waals surface area contributed by atoms with Gasteiger partial charge in [0.2, 0.25) is 10.0 Å². The third-order valence-electron chi connectivity index (χ3n) is 3.94. The molecule has 1 aliphatic rings. The summed E-state index contributed by atoms with van der Waals surface area (Å²) in [7, 11) is -1.74. The first kappa shape index (κ1) is 19.5. The Hall–Kier alpha value is -1.80. The van der Waals surface area contributed by atoms with E-state index in [-0.39, 0.29) is 18.3 Å². The molecule has 0 spiro atoms. The fraction of sp³-hybridized carbons (Fsp3) is 0.588. The van der Waals surface area contributed by atoms with Crippen molar-refractivity contribution in [2.45, 2.75) is 26.3 Å². The van der Waals surface area contributed by atoms with Crippen molar-refractivity contribution in [3.8, 4) is 0 Å². The summed E-state index contributed by atoms with van der Waals surface area (Å²) in [5, 5.41) is 6.31. The summed E-state index contributed by atoms with van der Waals surface area (Å²) in [5.41, 5.74) is 1.88. The maximum absolute atomic E-state index is 12.7. The number of nitrogens with zero attached hydrogens (tertiary/aromatic N) is 2. The van der Waals surface area contributed by atoms with Crippen molar-refractivity contribution in [1.29, 1.82) is 0 Å². The van der Waals surface area contributed by atoms with Gasteiger partial charge in [-0.25, -0.2) is 8.42 Å². The van der Waals surface area contributed by atoms with Gasteiger partial charge < -0.3 is 15.4 Å². The Morgan fingerprint density at radius 1 is 1.40 bits per heavy atom. The SMILES string of the molecule is CCNC(=NCCS(=O)(=O)N1CCc2ccccc21)NC(C)COC. The number of para-hydroxylation sites is 1. The molecule has 0 saturated carbocycles. The first-order valence-corrected chi connectivity index (χ1v) is 10.2. The summed E-state index contributed by atoms with van der Waals surface area (Å²) < 4.78 is 31.9. The van der Waals surface area contributed by atoms with Crippen LogP contribution in [0, 0.1) is 0 Å². The van der Waals surface area contributed by atoms with Gasteiger partial charge >= 0.3 is 0 Å². The molecular weight excluding hydrogens is 340 g/mol. The summed E-state index contributed by atoms with van der Waals surface area (Å²) in [4.78, 5) is 4.38. The van der Waals surface area contributed by atoms with Crippen molar-refractivity contribution in [2.24, 2.45) is 4.99 Å². The number of sulfonamides is 1. The minimum absolute atomic E-state index is 0.0173. The molecule has 7 nitrogen and oxygen atoms in total. The second kappa shape index (κ2) is 9.05. The van der Waals surface area contributed by atoms with Crippen LogP contribution in [0.25, 0.3) is 0 Å². The molecule has 0 aliphatic carbocycles. The Balaban J connectivity index is 1.98.